The average molecular weight is 379 g/mol. The van der Waals surface area contributed by atoms with E-state index >= 15 is 0 Å². The van der Waals surface area contributed by atoms with Gasteiger partial charge in [-0.2, -0.15) is 0 Å². The van der Waals surface area contributed by atoms with Crippen molar-refractivity contribution < 1.29 is 19.2 Å². The van der Waals surface area contributed by atoms with Crippen molar-refractivity contribution in [3.05, 3.63) is 29.1 Å². The fraction of sp³-hybridized carbons (Fsp3) is 0.611. The molecule has 0 aromatic carbocycles. The third-order valence-electron chi connectivity index (χ3n) is 5.41. The number of pyridine rings is 1. The van der Waals surface area contributed by atoms with Gasteiger partial charge in [0.05, 0.1) is 6.04 Å². The van der Waals surface area contributed by atoms with E-state index in [0.717, 1.165) is 17.5 Å². The van der Waals surface area contributed by atoms with Gasteiger partial charge in [-0.1, -0.05) is 0 Å². The lowest BCUT2D eigenvalue weighted by Crippen LogP contribution is -2.50. The Morgan fingerprint density at radius 2 is 2.12 bits per heavy atom. The molecule has 7 nitrogen and oxygen atoms in total. The maximum atomic E-state index is 12.8. The Balaban J connectivity index is 1.94. The molecule has 26 heavy (non-hydrogen) atoms. The van der Waals surface area contributed by atoms with Crippen molar-refractivity contribution in [2.45, 2.75) is 50.8 Å². The highest BCUT2D eigenvalue weighted by molar-refractivity contribution is 7.90. The van der Waals surface area contributed by atoms with Crippen LogP contribution in [0.2, 0.25) is 0 Å². The number of carboxylic acid groups (broad SMARTS) is 1. The molecule has 2 aliphatic rings. The highest BCUT2D eigenvalue weighted by atomic mass is 32.2. The smallest absolute Gasteiger partial charge is 0.407 e. The number of aromatic nitrogens is 1. The zero-order valence-corrected chi connectivity index (χ0v) is 16.1. The van der Waals surface area contributed by atoms with E-state index in [-0.39, 0.29) is 11.5 Å². The largest absolute Gasteiger partial charge is 0.598 e. The molecule has 8 heteroatoms. The number of fused-ring (bicyclic) bond motifs is 1. The van der Waals surface area contributed by atoms with Crippen LogP contribution in [0.15, 0.2) is 12.3 Å². The fourth-order valence-electron chi connectivity index (χ4n) is 3.84. The van der Waals surface area contributed by atoms with Crippen LogP contribution in [0.25, 0.3) is 0 Å². The Bertz CT molecular complexity index is 711. The standard InChI is InChI=1S/C18H25N3O4S/c1-17(2,3)26(25)20-15-13-8-12(11-22)10-19-14(13)9-18(15)4-6-21(7-5-18)16(23)24/h8,10-11,15,20H,4-7,9H2,1-3H3,(H,23,24)/t15-,26?/m1/s1. The van der Waals surface area contributed by atoms with E-state index in [1.54, 1.807) is 6.20 Å². The number of aldehydes is 1. The van der Waals surface area contributed by atoms with E-state index in [1.165, 1.54) is 4.90 Å². The van der Waals surface area contributed by atoms with Crippen molar-refractivity contribution in [1.29, 1.82) is 0 Å². The molecule has 142 valence electrons. The number of amides is 1. The SMILES string of the molecule is CC(C)(C)[S+]([O-])N[C@@H]1c2cc(C=O)cnc2CC12CCN(C(=O)O)CC2. The number of hydrogen-bond acceptors (Lipinski definition) is 5. The molecule has 1 unspecified atom stereocenters. The number of rotatable bonds is 3. The second kappa shape index (κ2) is 6.83. The van der Waals surface area contributed by atoms with Crippen molar-refractivity contribution in [1.82, 2.24) is 14.6 Å². The second-order valence-corrected chi connectivity index (χ2v) is 10.2. The maximum absolute atomic E-state index is 12.8. The van der Waals surface area contributed by atoms with E-state index in [1.807, 2.05) is 26.8 Å². The van der Waals surface area contributed by atoms with Gasteiger partial charge in [-0.3, -0.25) is 9.78 Å². The van der Waals surface area contributed by atoms with Gasteiger partial charge in [0, 0.05) is 47.3 Å². The molecule has 1 aromatic heterocycles. The van der Waals surface area contributed by atoms with Crippen LogP contribution in [-0.4, -0.2) is 49.8 Å². The number of hydrogen-bond donors (Lipinski definition) is 2. The first-order valence-electron chi connectivity index (χ1n) is 8.76. The minimum Gasteiger partial charge on any atom is -0.598 e. The minimum absolute atomic E-state index is 0.207. The zero-order chi connectivity index (χ0) is 19.1. The Hall–Kier alpha value is -1.64. The number of carbonyl (C=O) groups excluding carboxylic acids is 1. The molecule has 1 spiro atoms. The second-order valence-electron chi connectivity index (χ2n) is 8.16. The Labute approximate surface area is 156 Å². The normalized spacial score (nSPS) is 22.9. The van der Waals surface area contributed by atoms with Crippen molar-refractivity contribution in [2.75, 3.05) is 13.1 Å². The van der Waals surface area contributed by atoms with Crippen LogP contribution in [0.3, 0.4) is 0 Å². The molecule has 1 saturated heterocycles. The lowest BCUT2D eigenvalue weighted by atomic mass is 9.73. The third kappa shape index (κ3) is 3.45. The first-order chi connectivity index (χ1) is 12.2. The van der Waals surface area contributed by atoms with E-state index in [4.69, 9.17) is 0 Å². The van der Waals surface area contributed by atoms with Gasteiger partial charge in [0.25, 0.3) is 0 Å². The number of nitrogens with zero attached hydrogens (tertiary/aromatic N) is 2. The van der Waals surface area contributed by atoms with Crippen LogP contribution < -0.4 is 4.72 Å². The minimum atomic E-state index is -1.28. The van der Waals surface area contributed by atoms with Gasteiger partial charge >= 0.3 is 6.09 Å². The van der Waals surface area contributed by atoms with Crippen LogP contribution in [0.5, 0.6) is 0 Å². The topological polar surface area (TPSA) is 106 Å². The van der Waals surface area contributed by atoms with Crippen LogP contribution in [0.4, 0.5) is 4.79 Å². The monoisotopic (exact) mass is 379 g/mol. The molecule has 0 bridgehead atoms. The Kier molecular flexibility index (Phi) is 5.02. The molecule has 2 heterocycles. The lowest BCUT2D eigenvalue weighted by Gasteiger charge is -2.43. The first kappa shape index (κ1) is 19.1. The summed E-state index contributed by atoms with van der Waals surface area (Å²) in [6.45, 7) is 6.62. The quantitative estimate of drug-likeness (QED) is 0.617. The summed E-state index contributed by atoms with van der Waals surface area (Å²) < 4.78 is 15.6. The van der Waals surface area contributed by atoms with Gasteiger partial charge in [-0.15, -0.1) is 4.72 Å². The zero-order valence-electron chi connectivity index (χ0n) is 15.3. The van der Waals surface area contributed by atoms with Crippen molar-refractivity contribution in [3.63, 3.8) is 0 Å². The number of nitrogens with one attached hydrogen (secondary N) is 1. The first-order valence-corrected chi connectivity index (χ1v) is 9.91. The number of likely N-dealkylation sites (tertiary alicyclic amines) is 1. The number of piperidine rings is 1. The van der Waals surface area contributed by atoms with Gasteiger partial charge in [0.2, 0.25) is 0 Å². The Morgan fingerprint density at radius 1 is 1.46 bits per heavy atom. The van der Waals surface area contributed by atoms with Gasteiger partial charge < -0.3 is 14.6 Å². The summed E-state index contributed by atoms with van der Waals surface area (Å²) in [6.07, 6.45) is 3.47. The summed E-state index contributed by atoms with van der Waals surface area (Å²) >= 11 is -1.28. The predicted octanol–water partition coefficient (Wildman–Crippen LogP) is 2.30. The van der Waals surface area contributed by atoms with Crippen molar-refractivity contribution in [3.8, 4) is 0 Å². The molecule has 2 N–H and O–H groups in total. The summed E-state index contributed by atoms with van der Waals surface area (Å²) in [6, 6.07) is 1.62. The van der Waals surface area contributed by atoms with Crippen molar-refractivity contribution >= 4 is 23.7 Å². The van der Waals surface area contributed by atoms with Gasteiger partial charge in [0.15, 0.2) is 6.29 Å². The van der Waals surface area contributed by atoms with E-state index in [0.29, 0.717) is 37.9 Å². The van der Waals surface area contributed by atoms with Crippen molar-refractivity contribution in [2.24, 2.45) is 5.41 Å². The third-order valence-corrected chi connectivity index (χ3v) is 6.98. The predicted molar refractivity (Wildman–Crippen MR) is 98.4 cm³/mol. The lowest BCUT2D eigenvalue weighted by molar-refractivity contribution is 0.0762. The molecular weight excluding hydrogens is 354 g/mol. The van der Waals surface area contributed by atoms with Gasteiger partial charge in [0.1, 0.15) is 4.75 Å². The summed E-state index contributed by atoms with van der Waals surface area (Å²) in [7, 11) is 0. The number of carbonyl (C=O) groups is 2. The highest BCUT2D eigenvalue weighted by Gasteiger charge is 2.51. The van der Waals surface area contributed by atoms with Crippen LogP contribution >= 0.6 is 0 Å². The molecule has 1 fully saturated rings. The van der Waals surface area contributed by atoms with Gasteiger partial charge in [-0.05, 0) is 51.7 Å². The molecule has 1 amide bonds. The Morgan fingerprint density at radius 3 is 2.65 bits per heavy atom. The fourth-order valence-corrected chi connectivity index (χ4v) is 4.78. The molecular formula is C18H25N3O4S. The molecule has 1 aromatic rings. The molecule has 1 aliphatic heterocycles. The van der Waals surface area contributed by atoms with Crippen LogP contribution in [0.1, 0.15) is 61.3 Å². The molecule has 2 atom stereocenters. The summed E-state index contributed by atoms with van der Waals surface area (Å²) in [5.74, 6) is 0. The van der Waals surface area contributed by atoms with E-state index < -0.39 is 22.2 Å². The molecule has 3 rings (SSSR count). The molecule has 0 saturated carbocycles. The molecule has 1 aliphatic carbocycles. The van der Waals surface area contributed by atoms with Gasteiger partial charge in [-0.25, -0.2) is 4.79 Å². The molecule has 0 radical (unpaired) electrons. The van der Waals surface area contributed by atoms with E-state index in [9.17, 15) is 19.2 Å². The average Bonchev–Trinajstić information content (AvgIpc) is 2.87. The highest BCUT2D eigenvalue weighted by Crippen LogP contribution is 2.52. The summed E-state index contributed by atoms with van der Waals surface area (Å²) in [4.78, 5) is 28.3. The van der Waals surface area contributed by atoms with E-state index in [2.05, 4.69) is 9.71 Å². The maximum Gasteiger partial charge on any atom is 0.407 e. The van der Waals surface area contributed by atoms with Crippen LogP contribution in [-0.2, 0) is 17.8 Å². The summed E-state index contributed by atoms with van der Waals surface area (Å²) in [5.41, 5.74) is 2.08. The summed E-state index contributed by atoms with van der Waals surface area (Å²) in [5, 5.41) is 9.24. The van der Waals surface area contributed by atoms with Crippen LogP contribution in [0, 0.1) is 5.41 Å².